The van der Waals surface area contributed by atoms with Crippen LogP contribution in [0.25, 0.3) is 0 Å². The smallest absolute Gasteiger partial charge is 0.339 e. The molecule has 1 fully saturated rings. The van der Waals surface area contributed by atoms with Crippen molar-refractivity contribution in [1.82, 2.24) is 10.0 Å². The number of carbonyl (C=O) groups excluding carboxylic acids is 1. The summed E-state index contributed by atoms with van der Waals surface area (Å²) in [6.07, 6.45) is 3.12. The minimum atomic E-state index is -3.71. The summed E-state index contributed by atoms with van der Waals surface area (Å²) in [6.45, 7) is 1.11. The number of methoxy groups -OCH3 is 1. The van der Waals surface area contributed by atoms with Gasteiger partial charge in [-0.05, 0) is 37.9 Å². The van der Waals surface area contributed by atoms with Gasteiger partial charge in [0.25, 0.3) is 0 Å². The number of hydrogen-bond acceptors (Lipinski definition) is 5. The van der Waals surface area contributed by atoms with Crippen LogP contribution >= 0.6 is 0 Å². The van der Waals surface area contributed by atoms with Crippen LogP contribution in [-0.2, 0) is 14.8 Å². The summed E-state index contributed by atoms with van der Waals surface area (Å²) < 4.78 is 31.6. The van der Waals surface area contributed by atoms with Crippen LogP contribution in [0.4, 0.5) is 0 Å². The fourth-order valence-electron chi connectivity index (χ4n) is 1.95. The molecule has 0 unspecified atom stereocenters. The van der Waals surface area contributed by atoms with Gasteiger partial charge >= 0.3 is 5.97 Å². The predicted octanol–water partition coefficient (Wildman–Crippen LogP) is 0.894. The number of sulfonamides is 1. The summed E-state index contributed by atoms with van der Waals surface area (Å²) in [4.78, 5) is 11.6. The topological polar surface area (TPSA) is 84.5 Å². The fraction of sp³-hybridized carbons (Fsp3) is 0.500. The van der Waals surface area contributed by atoms with Crippen molar-refractivity contribution in [2.75, 3.05) is 20.2 Å². The van der Waals surface area contributed by atoms with E-state index in [1.165, 1.54) is 32.1 Å². The molecule has 0 radical (unpaired) electrons. The van der Waals surface area contributed by atoms with Gasteiger partial charge in [0.2, 0.25) is 10.0 Å². The summed E-state index contributed by atoms with van der Waals surface area (Å²) in [5.41, 5.74) is 0.0450. The zero-order valence-corrected chi connectivity index (χ0v) is 12.8. The molecule has 7 heteroatoms. The van der Waals surface area contributed by atoms with Gasteiger partial charge in [-0.3, -0.25) is 0 Å². The van der Waals surface area contributed by atoms with E-state index in [-0.39, 0.29) is 10.5 Å². The zero-order chi connectivity index (χ0) is 15.3. The molecular weight excluding hydrogens is 292 g/mol. The first-order chi connectivity index (χ1) is 10.0. The third kappa shape index (κ3) is 4.52. The molecule has 0 saturated heterocycles. The third-order valence-corrected chi connectivity index (χ3v) is 4.76. The summed E-state index contributed by atoms with van der Waals surface area (Å²) in [5.74, 6) is -0.661. The lowest BCUT2D eigenvalue weighted by Crippen LogP contribution is -2.29. The minimum absolute atomic E-state index is 0.0450. The average molecular weight is 312 g/mol. The molecule has 2 rings (SSSR count). The lowest BCUT2D eigenvalue weighted by atomic mass is 10.2. The third-order valence-electron chi connectivity index (χ3n) is 3.24. The molecule has 116 valence electrons. The first kappa shape index (κ1) is 15.9. The van der Waals surface area contributed by atoms with Crippen molar-refractivity contribution in [1.29, 1.82) is 0 Å². The minimum Gasteiger partial charge on any atom is -0.465 e. The molecule has 2 N–H and O–H groups in total. The molecule has 0 amide bonds. The highest BCUT2D eigenvalue weighted by molar-refractivity contribution is 7.89. The first-order valence-electron chi connectivity index (χ1n) is 6.95. The lowest BCUT2D eigenvalue weighted by Gasteiger charge is -2.10. The van der Waals surface area contributed by atoms with Crippen molar-refractivity contribution in [2.45, 2.75) is 30.2 Å². The first-order valence-corrected chi connectivity index (χ1v) is 8.43. The number of nitrogens with one attached hydrogen (secondary N) is 2. The van der Waals surface area contributed by atoms with Gasteiger partial charge in [0.15, 0.2) is 0 Å². The van der Waals surface area contributed by atoms with Crippen LogP contribution in [0.5, 0.6) is 0 Å². The number of ether oxygens (including phenoxy) is 1. The van der Waals surface area contributed by atoms with E-state index in [0.29, 0.717) is 19.0 Å². The second-order valence-corrected chi connectivity index (χ2v) is 6.70. The van der Waals surface area contributed by atoms with Gasteiger partial charge in [-0.15, -0.1) is 0 Å². The second kappa shape index (κ2) is 7.02. The van der Waals surface area contributed by atoms with Crippen LogP contribution in [0.3, 0.4) is 0 Å². The normalized spacial score (nSPS) is 14.9. The van der Waals surface area contributed by atoms with E-state index in [2.05, 4.69) is 14.8 Å². The number of esters is 1. The molecule has 21 heavy (non-hydrogen) atoms. The Morgan fingerprint density at radius 3 is 2.67 bits per heavy atom. The van der Waals surface area contributed by atoms with Crippen molar-refractivity contribution in [3.8, 4) is 0 Å². The number of carbonyl (C=O) groups is 1. The van der Waals surface area contributed by atoms with E-state index in [1.54, 1.807) is 12.1 Å². The maximum absolute atomic E-state index is 12.2. The molecule has 0 bridgehead atoms. The Morgan fingerprint density at radius 2 is 2.00 bits per heavy atom. The zero-order valence-electron chi connectivity index (χ0n) is 12.0. The van der Waals surface area contributed by atoms with Gasteiger partial charge in [0, 0.05) is 12.6 Å². The van der Waals surface area contributed by atoms with Crippen LogP contribution in [0.1, 0.15) is 29.6 Å². The Morgan fingerprint density at radius 1 is 1.29 bits per heavy atom. The quantitative estimate of drug-likeness (QED) is 0.550. The molecule has 1 saturated carbocycles. The van der Waals surface area contributed by atoms with Crippen LogP contribution < -0.4 is 10.0 Å². The van der Waals surface area contributed by atoms with Crippen LogP contribution in [0.2, 0.25) is 0 Å². The number of rotatable bonds is 8. The van der Waals surface area contributed by atoms with Gasteiger partial charge < -0.3 is 10.1 Å². The molecular formula is C14H20N2O4S. The van der Waals surface area contributed by atoms with Gasteiger partial charge in [-0.1, -0.05) is 12.1 Å². The van der Waals surface area contributed by atoms with Crippen LogP contribution in [-0.4, -0.2) is 40.6 Å². The molecule has 0 aromatic heterocycles. The van der Waals surface area contributed by atoms with E-state index in [9.17, 15) is 13.2 Å². The summed E-state index contributed by atoms with van der Waals surface area (Å²) in [5, 5.41) is 3.31. The highest BCUT2D eigenvalue weighted by atomic mass is 32.2. The predicted molar refractivity (Wildman–Crippen MR) is 78.6 cm³/mol. The number of benzene rings is 1. The van der Waals surface area contributed by atoms with E-state index in [1.807, 2.05) is 0 Å². The monoisotopic (exact) mass is 312 g/mol. The van der Waals surface area contributed by atoms with Crippen molar-refractivity contribution < 1.29 is 17.9 Å². The standard InChI is InChI=1S/C14H20N2O4S/c1-20-14(17)12-5-2-3-6-13(12)21(18,19)16-10-4-9-15-11-7-8-11/h2-3,5-6,11,15-16H,4,7-10H2,1H3. The highest BCUT2D eigenvalue weighted by Gasteiger charge is 2.22. The highest BCUT2D eigenvalue weighted by Crippen LogP contribution is 2.18. The van der Waals surface area contributed by atoms with E-state index >= 15 is 0 Å². The summed E-state index contributed by atoms with van der Waals surface area (Å²) in [6, 6.07) is 6.63. The Balaban J connectivity index is 1.96. The van der Waals surface area contributed by atoms with Crippen molar-refractivity contribution in [3.05, 3.63) is 29.8 Å². The molecule has 6 nitrogen and oxygen atoms in total. The van der Waals surface area contributed by atoms with Crippen molar-refractivity contribution in [3.63, 3.8) is 0 Å². The largest absolute Gasteiger partial charge is 0.465 e. The maximum atomic E-state index is 12.2. The Hall–Kier alpha value is -1.44. The lowest BCUT2D eigenvalue weighted by molar-refractivity contribution is 0.0596. The molecule has 0 heterocycles. The molecule has 1 aliphatic rings. The molecule has 0 spiro atoms. The molecule has 0 aliphatic heterocycles. The summed E-state index contributed by atoms with van der Waals surface area (Å²) in [7, 11) is -2.48. The van der Waals surface area contributed by atoms with E-state index in [0.717, 1.165) is 6.54 Å². The Kier molecular flexibility index (Phi) is 5.33. The molecule has 1 aromatic rings. The average Bonchev–Trinajstić information content (AvgIpc) is 3.30. The van der Waals surface area contributed by atoms with Crippen molar-refractivity contribution in [2.24, 2.45) is 0 Å². The van der Waals surface area contributed by atoms with Gasteiger partial charge in [0.1, 0.15) is 0 Å². The van der Waals surface area contributed by atoms with Gasteiger partial charge in [-0.2, -0.15) is 0 Å². The number of hydrogen-bond donors (Lipinski definition) is 2. The molecule has 0 atom stereocenters. The van der Waals surface area contributed by atoms with E-state index in [4.69, 9.17) is 0 Å². The Bertz CT molecular complexity index is 597. The van der Waals surface area contributed by atoms with Gasteiger partial charge in [-0.25, -0.2) is 17.9 Å². The second-order valence-electron chi connectivity index (χ2n) is 4.97. The van der Waals surface area contributed by atoms with Crippen molar-refractivity contribution >= 4 is 16.0 Å². The summed E-state index contributed by atoms with van der Waals surface area (Å²) >= 11 is 0. The fourth-order valence-corrected chi connectivity index (χ4v) is 3.21. The van der Waals surface area contributed by atoms with Crippen LogP contribution in [0.15, 0.2) is 29.2 Å². The molecule has 1 aromatic carbocycles. The van der Waals surface area contributed by atoms with Crippen LogP contribution in [0, 0.1) is 0 Å². The van der Waals surface area contributed by atoms with Gasteiger partial charge in [0.05, 0.1) is 17.6 Å². The Labute approximate surface area is 124 Å². The SMILES string of the molecule is COC(=O)c1ccccc1S(=O)(=O)NCCCNC1CC1. The van der Waals surface area contributed by atoms with E-state index < -0.39 is 16.0 Å². The maximum Gasteiger partial charge on any atom is 0.339 e. The molecule has 1 aliphatic carbocycles.